The van der Waals surface area contributed by atoms with E-state index in [4.69, 9.17) is 4.74 Å². The van der Waals surface area contributed by atoms with Gasteiger partial charge in [0.05, 0.1) is 12.5 Å². The largest absolute Gasteiger partial charge is 0.463 e. The van der Waals surface area contributed by atoms with Gasteiger partial charge in [-0.15, -0.1) is 0 Å². The Balaban J connectivity index is 2.17. The maximum atomic E-state index is 12.9. The summed E-state index contributed by atoms with van der Waals surface area (Å²) in [4.78, 5) is 49.0. The molecule has 1 aliphatic rings. The van der Waals surface area contributed by atoms with Crippen molar-refractivity contribution in [1.29, 1.82) is 0 Å². The van der Waals surface area contributed by atoms with E-state index in [9.17, 15) is 19.2 Å². The molecule has 6 heteroatoms. The van der Waals surface area contributed by atoms with Crippen LogP contribution < -0.4 is 5.32 Å². The quantitative estimate of drug-likeness (QED) is 0.432. The highest BCUT2D eigenvalue weighted by molar-refractivity contribution is 6.25. The topological polar surface area (TPSA) is 89.5 Å². The van der Waals surface area contributed by atoms with Crippen LogP contribution in [0.15, 0.2) is 48.6 Å². The van der Waals surface area contributed by atoms with Crippen LogP contribution in [0.3, 0.4) is 0 Å². The van der Waals surface area contributed by atoms with Crippen molar-refractivity contribution in [3.63, 3.8) is 0 Å². The first-order valence-corrected chi connectivity index (χ1v) is 8.81. The van der Waals surface area contributed by atoms with Crippen molar-refractivity contribution in [1.82, 2.24) is 5.32 Å². The number of fused-ring (bicyclic) bond motifs is 1. The van der Waals surface area contributed by atoms with Gasteiger partial charge in [-0.05, 0) is 24.5 Å². The third-order valence-corrected chi connectivity index (χ3v) is 4.18. The summed E-state index contributed by atoms with van der Waals surface area (Å²) in [5.74, 6) is -2.28. The normalized spacial score (nSPS) is 14.3. The minimum atomic E-state index is -0.829. The van der Waals surface area contributed by atoms with E-state index in [1.165, 1.54) is 6.08 Å². The molecule has 1 N–H and O–H groups in total. The van der Waals surface area contributed by atoms with Crippen molar-refractivity contribution >= 4 is 23.4 Å². The number of ether oxygens (including phenoxy) is 1. The lowest BCUT2D eigenvalue weighted by molar-refractivity contribution is -0.147. The number of hydrogen-bond donors (Lipinski definition) is 1. The molecule has 1 aliphatic carbocycles. The number of ketones is 2. The van der Waals surface area contributed by atoms with Gasteiger partial charge in [-0.1, -0.05) is 44.7 Å². The van der Waals surface area contributed by atoms with E-state index in [2.05, 4.69) is 11.9 Å². The Bertz CT molecular complexity index is 807. The van der Waals surface area contributed by atoms with Crippen molar-refractivity contribution in [3.05, 3.63) is 59.7 Å². The van der Waals surface area contributed by atoms with E-state index in [1.807, 2.05) is 13.8 Å². The highest BCUT2D eigenvalue weighted by Gasteiger charge is 2.35. The highest BCUT2D eigenvalue weighted by Crippen LogP contribution is 2.30. The molecule has 142 valence electrons. The summed E-state index contributed by atoms with van der Waals surface area (Å²) >= 11 is 0. The summed E-state index contributed by atoms with van der Waals surface area (Å²) in [5, 5.41) is 2.51. The molecule has 0 heterocycles. The predicted molar refractivity (Wildman–Crippen MR) is 100 cm³/mol. The Morgan fingerprint density at radius 1 is 1.19 bits per heavy atom. The third-order valence-electron chi connectivity index (χ3n) is 4.18. The molecule has 1 atom stereocenters. The molecule has 6 nitrogen and oxygen atoms in total. The molecule has 0 fully saturated rings. The van der Waals surface area contributed by atoms with Crippen LogP contribution in [-0.2, 0) is 14.3 Å². The summed E-state index contributed by atoms with van der Waals surface area (Å²) in [6.45, 7) is 7.29. The summed E-state index contributed by atoms with van der Waals surface area (Å²) < 4.78 is 5.23. The van der Waals surface area contributed by atoms with Gasteiger partial charge in [-0.2, -0.15) is 0 Å². The smallest absolute Gasteiger partial charge is 0.313 e. The summed E-state index contributed by atoms with van der Waals surface area (Å²) in [5.41, 5.74) is 0.808. The highest BCUT2D eigenvalue weighted by atomic mass is 16.5. The second kappa shape index (κ2) is 9.07. The summed E-state index contributed by atoms with van der Waals surface area (Å²) in [6.07, 6.45) is 2.75. The summed E-state index contributed by atoms with van der Waals surface area (Å²) in [7, 11) is 0. The first-order valence-electron chi connectivity index (χ1n) is 8.81. The van der Waals surface area contributed by atoms with E-state index in [1.54, 1.807) is 24.3 Å². The molecule has 2 rings (SSSR count). The predicted octanol–water partition coefficient (Wildman–Crippen LogP) is 2.50. The molecule has 0 radical (unpaired) electrons. The van der Waals surface area contributed by atoms with Gasteiger partial charge in [0, 0.05) is 16.7 Å². The fourth-order valence-corrected chi connectivity index (χ4v) is 2.92. The third kappa shape index (κ3) is 5.00. The maximum absolute atomic E-state index is 12.9. The number of Topliss-reactive ketones (excluding diaryl/α,β-unsaturated/α-hetero) is 1. The first-order chi connectivity index (χ1) is 12.8. The molecular weight excluding hydrogens is 346 g/mol. The van der Waals surface area contributed by atoms with Gasteiger partial charge in [0.25, 0.3) is 0 Å². The van der Waals surface area contributed by atoms with E-state index in [-0.39, 0.29) is 42.1 Å². The minimum Gasteiger partial charge on any atom is -0.463 e. The fourth-order valence-electron chi connectivity index (χ4n) is 2.92. The summed E-state index contributed by atoms with van der Waals surface area (Å²) in [6, 6.07) is 6.57. The molecule has 1 unspecified atom stereocenters. The number of rotatable bonds is 8. The van der Waals surface area contributed by atoms with Crippen molar-refractivity contribution < 1.29 is 23.9 Å². The fraction of sp³-hybridized carbons (Fsp3) is 0.333. The van der Waals surface area contributed by atoms with Gasteiger partial charge in [0.2, 0.25) is 5.91 Å². The van der Waals surface area contributed by atoms with E-state index in [0.717, 1.165) is 6.08 Å². The molecule has 0 saturated carbocycles. The Labute approximate surface area is 158 Å². The van der Waals surface area contributed by atoms with Gasteiger partial charge in [-0.3, -0.25) is 19.2 Å². The van der Waals surface area contributed by atoms with Gasteiger partial charge >= 0.3 is 5.97 Å². The zero-order valence-electron chi connectivity index (χ0n) is 15.5. The Kier molecular flexibility index (Phi) is 6.82. The zero-order chi connectivity index (χ0) is 20.0. The van der Waals surface area contributed by atoms with Crippen LogP contribution in [0.25, 0.3) is 0 Å². The lowest BCUT2D eigenvalue weighted by Crippen LogP contribution is -2.31. The zero-order valence-corrected chi connectivity index (χ0v) is 15.5. The molecule has 1 aromatic carbocycles. The van der Waals surface area contributed by atoms with Crippen LogP contribution in [0.4, 0.5) is 0 Å². The van der Waals surface area contributed by atoms with E-state index in [0.29, 0.717) is 17.5 Å². The van der Waals surface area contributed by atoms with Gasteiger partial charge in [0.1, 0.15) is 6.61 Å². The average Bonchev–Trinajstić information content (AvgIpc) is 2.65. The Morgan fingerprint density at radius 3 is 2.48 bits per heavy atom. The molecule has 0 spiro atoms. The number of benzene rings is 1. The van der Waals surface area contributed by atoms with E-state index < -0.39 is 11.9 Å². The Morgan fingerprint density at radius 2 is 1.85 bits per heavy atom. The lowest BCUT2D eigenvalue weighted by atomic mass is 9.80. The Hall–Kier alpha value is -3.02. The molecule has 1 amide bonds. The monoisotopic (exact) mass is 369 g/mol. The van der Waals surface area contributed by atoms with Crippen molar-refractivity contribution in [2.75, 3.05) is 13.2 Å². The van der Waals surface area contributed by atoms with Crippen molar-refractivity contribution in [2.24, 2.45) is 11.8 Å². The standard InChI is InChI=1S/C21H23NO5/c1-4-19(24)22-9-10-27-21(26)17(11-13(2)3)16-12-18(23)14-7-5-6-8-15(14)20(16)25/h4-8,12-13,17H,1,9-11H2,2-3H3,(H,22,24). The van der Waals surface area contributed by atoms with Crippen molar-refractivity contribution in [3.8, 4) is 0 Å². The van der Waals surface area contributed by atoms with Crippen molar-refractivity contribution in [2.45, 2.75) is 20.3 Å². The number of carbonyl (C=O) groups is 4. The molecule has 27 heavy (non-hydrogen) atoms. The van der Waals surface area contributed by atoms with Gasteiger partial charge < -0.3 is 10.1 Å². The van der Waals surface area contributed by atoms with E-state index >= 15 is 0 Å². The maximum Gasteiger partial charge on any atom is 0.313 e. The minimum absolute atomic E-state index is 0.0288. The number of allylic oxidation sites excluding steroid dienone is 1. The number of amides is 1. The molecule has 0 saturated heterocycles. The SMILES string of the molecule is C=CC(=O)NCCOC(=O)C(CC(C)C)C1=CC(=O)c2ccccc2C1=O. The average molecular weight is 369 g/mol. The second-order valence-electron chi connectivity index (χ2n) is 6.68. The van der Waals surface area contributed by atoms with Crippen LogP contribution in [0.2, 0.25) is 0 Å². The van der Waals surface area contributed by atoms with Gasteiger partial charge in [-0.25, -0.2) is 0 Å². The first kappa shape index (κ1) is 20.3. The second-order valence-corrected chi connectivity index (χ2v) is 6.68. The molecule has 0 bridgehead atoms. The lowest BCUT2D eigenvalue weighted by Gasteiger charge is -2.23. The van der Waals surface area contributed by atoms with Crippen LogP contribution in [0.1, 0.15) is 41.0 Å². The van der Waals surface area contributed by atoms with Crippen LogP contribution in [-0.4, -0.2) is 36.6 Å². The number of carbonyl (C=O) groups excluding carboxylic acids is 4. The molecular formula is C21H23NO5. The van der Waals surface area contributed by atoms with Crippen LogP contribution in [0, 0.1) is 11.8 Å². The van der Waals surface area contributed by atoms with Gasteiger partial charge in [0.15, 0.2) is 11.6 Å². The molecule has 1 aromatic rings. The molecule has 0 aliphatic heterocycles. The van der Waals surface area contributed by atoms with Crippen LogP contribution in [0.5, 0.6) is 0 Å². The number of nitrogens with one attached hydrogen (secondary N) is 1. The number of hydrogen-bond acceptors (Lipinski definition) is 5. The molecule has 0 aromatic heterocycles. The van der Waals surface area contributed by atoms with Crippen LogP contribution >= 0.6 is 0 Å². The number of esters is 1.